The summed E-state index contributed by atoms with van der Waals surface area (Å²) in [4.78, 5) is 16.4. The number of imidazole rings is 1. The van der Waals surface area contributed by atoms with Crippen molar-refractivity contribution in [2.75, 3.05) is 20.3 Å². The van der Waals surface area contributed by atoms with Crippen LogP contribution in [0.5, 0.6) is 0 Å². The Morgan fingerprint density at radius 1 is 1.36 bits per heavy atom. The average molecular weight is 343 g/mol. The predicted molar refractivity (Wildman–Crippen MR) is 94.6 cm³/mol. The summed E-state index contributed by atoms with van der Waals surface area (Å²) < 4.78 is 12.8. The lowest BCUT2D eigenvalue weighted by atomic mass is 9.95. The molecular formula is C19H25N3O3. The van der Waals surface area contributed by atoms with Crippen molar-refractivity contribution in [3.8, 4) is 0 Å². The van der Waals surface area contributed by atoms with Gasteiger partial charge in [0, 0.05) is 12.6 Å². The van der Waals surface area contributed by atoms with Gasteiger partial charge in [-0.05, 0) is 31.0 Å². The summed E-state index contributed by atoms with van der Waals surface area (Å²) in [5, 5.41) is 3.72. The fraction of sp³-hybridized carbons (Fsp3) is 0.579. The van der Waals surface area contributed by atoms with E-state index in [9.17, 15) is 4.79 Å². The van der Waals surface area contributed by atoms with Crippen LogP contribution < -0.4 is 5.32 Å². The standard InChI is InChI=1S/C19H25N3O3/c1-24-19(23)13-7-8-17-16(9-13)21-18-12-25-11-15(22(17)18)10-20-14-5-3-2-4-6-14/h7-9,14-15,20H,2-6,10-12H2,1H3/t15-/m0/s1. The molecule has 1 aliphatic carbocycles. The van der Waals surface area contributed by atoms with Crippen LogP contribution in [0.15, 0.2) is 18.2 Å². The van der Waals surface area contributed by atoms with Gasteiger partial charge in [-0.3, -0.25) is 0 Å². The summed E-state index contributed by atoms with van der Waals surface area (Å²) in [6.07, 6.45) is 6.56. The molecule has 4 rings (SSSR count). The van der Waals surface area contributed by atoms with Gasteiger partial charge in [-0.15, -0.1) is 0 Å². The van der Waals surface area contributed by atoms with Crippen LogP contribution in [0, 0.1) is 0 Å². The molecule has 0 bridgehead atoms. The van der Waals surface area contributed by atoms with Gasteiger partial charge in [-0.1, -0.05) is 19.3 Å². The maximum Gasteiger partial charge on any atom is 0.337 e. The smallest absolute Gasteiger partial charge is 0.337 e. The highest BCUT2D eigenvalue weighted by atomic mass is 16.5. The van der Waals surface area contributed by atoms with Gasteiger partial charge in [0.1, 0.15) is 12.4 Å². The zero-order valence-electron chi connectivity index (χ0n) is 14.7. The largest absolute Gasteiger partial charge is 0.465 e. The molecule has 6 heteroatoms. The van der Waals surface area contributed by atoms with E-state index in [0.717, 1.165) is 23.4 Å². The van der Waals surface area contributed by atoms with E-state index in [0.29, 0.717) is 24.8 Å². The first-order valence-corrected chi connectivity index (χ1v) is 9.16. The van der Waals surface area contributed by atoms with E-state index >= 15 is 0 Å². The van der Waals surface area contributed by atoms with Crippen molar-refractivity contribution < 1.29 is 14.3 Å². The molecule has 1 aliphatic heterocycles. The third-order valence-corrected chi connectivity index (χ3v) is 5.34. The number of ether oxygens (including phenoxy) is 2. The third kappa shape index (κ3) is 3.28. The lowest BCUT2D eigenvalue weighted by Crippen LogP contribution is -2.38. The minimum absolute atomic E-state index is 0.236. The molecule has 1 N–H and O–H groups in total. The average Bonchev–Trinajstić information content (AvgIpc) is 3.04. The number of fused-ring (bicyclic) bond motifs is 3. The van der Waals surface area contributed by atoms with Crippen molar-refractivity contribution >= 4 is 17.0 Å². The topological polar surface area (TPSA) is 65.4 Å². The van der Waals surface area contributed by atoms with Gasteiger partial charge in [0.05, 0.1) is 36.4 Å². The Labute approximate surface area is 147 Å². The van der Waals surface area contributed by atoms with Gasteiger partial charge in [-0.25, -0.2) is 9.78 Å². The molecule has 1 aromatic heterocycles. The predicted octanol–water partition coefficient (Wildman–Crippen LogP) is 2.82. The number of methoxy groups -OCH3 is 1. The molecule has 0 saturated heterocycles. The Bertz CT molecular complexity index is 765. The van der Waals surface area contributed by atoms with Crippen molar-refractivity contribution in [2.45, 2.75) is 50.8 Å². The highest BCUT2D eigenvalue weighted by Crippen LogP contribution is 2.27. The van der Waals surface area contributed by atoms with E-state index in [1.54, 1.807) is 6.07 Å². The second-order valence-corrected chi connectivity index (χ2v) is 7.01. The van der Waals surface area contributed by atoms with E-state index in [1.165, 1.54) is 39.2 Å². The second-order valence-electron chi connectivity index (χ2n) is 7.01. The van der Waals surface area contributed by atoms with Gasteiger partial charge in [0.25, 0.3) is 0 Å². The van der Waals surface area contributed by atoms with Crippen molar-refractivity contribution in [1.82, 2.24) is 14.9 Å². The second kappa shape index (κ2) is 7.14. The Hall–Kier alpha value is -1.92. The van der Waals surface area contributed by atoms with Crippen LogP contribution in [0.1, 0.15) is 54.3 Å². The number of carbonyl (C=O) groups excluding carboxylic acids is 1. The Morgan fingerprint density at radius 3 is 3.00 bits per heavy atom. The molecule has 0 spiro atoms. The van der Waals surface area contributed by atoms with Crippen LogP contribution in [-0.4, -0.2) is 41.8 Å². The number of nitrogens with one attached hydrogen (secondary N) is 1. The number of carbonyl (C=O) groups is 1. The summed E-state index contributed by atoms with van der Waals surface area (Å²) >= 11 is 0. The van der Waals surface area contributed by atoms with Gasteiger partial charge in [-0.2, -0.15) is 0 Å². The maximum atomic E-state index is 11.8. The Morgan fingerprint density at radius 2 is 2.20 bits per heavy atom. The monoisotopic (exact) mass is 343 g/mol. The van der Waals surface area contributed by atoms with E-state index in [2.05, 4.69) is 14.9 Å². The van der Waals surface area contributed by atoms with Crippen molar-refractivity contribution in [3.05, 3.63) is 29.6 Å². The minimum atomic E-state index is -0.334. The molecule has 6 nitrogen and oxygen atoms in total. The third-order valence-electron chi connectivity index (χ3n) is 5.34. The number of nitrogens with zero attached hydrogens (tertiary/aromatic N) is 2. The first kappa shape index (κ1) is 16.5. The van der Waals surface area contributed by atoms with Gasteiger partial charge < -0.3 is 19.4 Å². The quantitative estimate of drug-likeness (QED) is 0.865. The molecular weight excluding hydrogens is 318 g/mol. The zero-order valence-corrected chi connectivity index (χ0v) is 14.7. The first-order chi connectivity index (χ1) is 12.3. The fourth-order valence-electron chi connectivity index (χ4n) is 4.02. The van der Waals surface area contributed by atoms with Crippen LogP contribution in [-0.2, 0) is 16.1 Å². The van der Waals surface area contributed by atoms with Crippen molar-refractivity contribution in [2.24, 2.45) is 0 Å². The van der Waals surface area contributed by atoms with Crippen LogP contribution in [0.4, 0.5) is 0 Å². The molecule has 1 atom stereocenters. The number of hydrogen-bond donors (Lipinski definition) is 1. The molecule has 0 unspecified atom stereocenters. The molecule has 25 heavy (non-hydrogen) atoms. The van der Waals surface area contributed by atoms with E-state index in [4.69, 9.17) is 9.47 Å². The van der Waals surface area contributed by atoms with E-state index in [-0.39, 0.29) is 12.0 Å². The summed E-state index contributed by atoms with van der Waals surface area (Å²) in [7, 11) is 1.39. The van der Waals surface area contributed by atoms with Gasteiger partial charge >= 0.3 is 5.97 Å². The molecule has 1 aromatic carbocycles. The lowest BCUT2D eigenvalue weighted by molar-refractivity contribution is 0.0551. The molecule has 134 valence electrons. The zero-order chi connectivity index (χ0) is 17.2. The normalized spacial score (nSPS) is 21.2. The molecule has 2 heterocycles. The molecule has 2 aliphatic rings. The number of hydrogen-bond acceptors (Lipinski definition) is 5. The highest BCUT2D eigenvalue weighted by Gasteiger charge is 2.25. The Balaban J connectivity index is 1.58. The fourth-order valence-corrected chi connectivity index (χ4v) is 4.02. The summed E-state index contributed by atoms with van der Waals surface area (Å²) in [5.74, 6) is 0.596. The van der Waals surface area contributed by atoms with Crippen LogP contribution in [0.25, 0.3) is 11.0 Å². The first-order valence-electron chi connectivity index (χ1n) is 9.16. The van der Waals surface area contributed by atoms with Crippen LogP contribution >= 0.6 is 0 Å². The molecule has 1 saturated carbocycles. The number of esters is 1. The Kier molecular flexibility index (Phi) is 4.72. The minimum Gasteiger partial charge on any atom is -0.465 e. The van der Waals surface area contributed by atoms with Crippen LogP contribution in [0.2, 0.25) is 0 Å². The van der Waals surface area contributed by atoms with Gasteiger partial charge in [0.15, 0.2) is 0 Å². The number of rotatable bonds is 4. The summed E-state index contributed by atoms with van der Waals surface area (Å²) in [6, 6.07) is 6.44. The van der Waals surface area contributed by atoms with E-state index in [1.807, 2.05) is 12.1 Å². The van der Waals surface area contributed by atoms with Crippen LogP contribution in [0.3, 0.4) is 0 Å². The molecule has 1 fully saturated rings. The summed E-state index contributed by atoms with van der Waals surface area (Å²) in [5.41, 5.74) is 2.41. The SMILES string of the molecule is COC(=O)c1ccc2c(c1)nc1n2[C@@H](CNC2CCCCC2)COC1. The van der Waals surface area contributed by atoms with Crippen molar-refractivity contribution in [3.63, 3.8) is 0 Å². The number of aromatic nitrogens is 2. The summed E-state index contributed by atoms with van der Waals surface area (Å²) in [6.45, 7) is 2.10. The molecule has 0 radical (unpaired) electrons. The van der Waals surface area contributed by atoms with E-state index < -0.39 is 0 Å². The van der Waals surface area contributed by atoms with Crippen molar-refractivity contribution in [1.29, 1.82) is 0 Å². The maximum absolute atomic E-state index is 11.8. The highest BCUT2D eigenvalue weighted by molar-refractivity contribution is 5.93. The van der Waals surface area contributed by atoms with Gasteiger partial charge in [0.2, 0.25) is 0 Å². The molecule has 2 aromatic rings. The lowest BCUT2D eigenvalue weighted by Gasteiger charge is -2.30. The molecule has 0 amide bonds. The number of benzene rings is 1.